The Labute approximate surface area is 185 Å². The fourth-order valence-corrected chi connectivity index (χ4v) is 3.47. The Bertz CT molecular complexity index is 1180. The third-order valence-corrected chi connectivity index (χ3v) is 5.24. The quantitative estimate of drug-likeness (QED) is 0.572. The van der Waals surface area contributed by atoms with E-state index in [0.717, 1.165) is 22.6 Å². The van der Waals surface area contributed by atoms with Crippen LogP contribution in [0.2, 0.25) is 0 Å². The van der Waals surface area contributed by atoms with Gasteiger partial charge in [0.15, 0.2) is 0 Å². The van der Waals surface area contributed by atoms with Crippen molar-refractivity contribution in [2.75, 3.05) is 7.11 Å². The zero-order valence-corrected chi connectivity index (χ0v) is 18.1. The zero-order chi connectivity index (χ0) is 23.3. The third-order valence-electron chi connectivity index (χ3n) is 5.24. The minimum Gasteiger partial charge on any atom is -0.469 e. The molecule has 3 aromatic rings. The highest BCUT2D eigenvalue weighted by molar-refractivity contribution is 5.94. The fraction of sp³-hybridized carbons (Fsp3) is 0.250. The van der Waals surface area contributed by atoms with Crippen LogP contribution in [0.3, 0.4) is 0 Å². The molecule has 0 bridgehead atoms. The lowest BCUT2D eigenvalue weighted by atomic mass is 10.1. The lowest BCUT2D eigenvalue weighted by Crippen LogP contribution is -2.28. The maximum Gasteiger partial charge on any atom is 0.305 e. The second kappa shape index (κ2) is 9.88. The molecule has 3 rings (SSSR count). The number of rotatable bonds is 7. The molecule has 164 valence electrons. The number of hydrogen-bond acceptors (Lipinski definition) is 5. The molecule has 32 heavy (non-hydrogen) atoms. The van der Waals surface area contributed by atoms with Crippen molar-refractivity contribution in [3.63, 3.8) is 0 Å². The summed E-state index contributed by atoms with van der Waals surface area (Å²) in [6.07, 6.45) is 0.793. The van der Waals surface area contributed by atoms with Crippen LogP contribution in [0.15, 0.2) is 48.5 Å². The summed E-state index contributed by atoms with van der Waals surface area (Å²) in [6.45, 7) is 3.79. The van der Waals surface area contributed by atoms with Gasteiger partial charge in [-0.15, -0.1) is 0 Å². The molecule has 7 nitrogen and oxygen atoms in total. The van der Waals surface area contributed by atoms with Gasteiger partial charge in [0.25, 0.3) is 5.91 Å². The van der Waals surface area contributed by atoms with E-state index in [1.165, 1.54) is 25.3 Å². The average Bonchev–Trinajstić information content (AvgIpc) is 3.09. The molecule has 0 aliphatic rings. The van der Waals surface area contributed by atoms with E-state index in [1.807, 2.05) is 19.9 Å². The molecule has 0 radical (unpaired) electrons. The van der Waals surface area contributed by atoms with E-state index in [2.05, 4.69) is 10.4 Å². The van der Waals surface area contributed by atoms with Crippen molar-refractivity contribution in [3.05, 3.63) is 82.4 Å². The van der Waals surface area contributed by atoms with Crippen molar-refractivity contribution in [1.82, 2.24) is 15.1 Å². The number of carbonyl (C=O) groups excluding carboxylic acids is 2. The van der Waals surface area contributed by atoms with Crippen LogP contribution in [0.1, 0.15) is 45.3 Å². The van der Waals surface area contributed by atoms with Crippen LogP contribution in [-0.2, 0) is 16.0 Å². The standard InChI is InChI=1S/C24H23FN4O3/c1-15-19(12-13-23(30)32-3)16(2)29(28-15)18-10-8-17(9-11-18)24(31)27-22(14-26)20-6-4-5-7-21(20)25/h4-11,22H,12-13H2,1-3H3,(H,27,31). The predicted molar refractivity (Wildman–Crippen MR) is 116 cm³/mol. The number of nitriles is 1. The molecule has 1 atom stereocenters. The van der Waals surface area contributed by atoms with E-state index >= 15 is 0 Å². The molecule has 0 fully saturated rings. The van der Waals surface area contributed by atoms with Crippen molar-refractivity contribution < 1.29 is 18.7 Å². The molecule has 1 amide bonds. The molecule has 0 saturated heterocycles. The molecule has 1 N–H and O–H groups in total. The number of carbonyl (C=O) groups is 2. The summed E-state index contributed by atoms with van der Waals surface area (Å²) in [5.41, 5.74) is 3.87. The van der Waals surface area contributed by atoms with Gasteiger partial charge in [-0.3, -0.25) is 9.59 Å². The first-order chi connectivity index (χ1) is 15.3. The van der Waals surface area contributed by atoms with Crippen LogP contribution >= 0.6 is 0 Å². The number of aromatic nitrogens is 2. The van der Waals surface area contributed by atoms with Crippen LogP contribution < -0.4 is 5.32 Å². The van der Waals surface area contributed by atoms with Gasteiger partial charge in [0, 0.05) is 23.2 Å². The SMILES string of the molecule is COC(=O)CCc1c(C)nn(-c2ccc(C(=O)NC(C#N)c3ccccc3F)cc2)c1C. The van der Waals surface area contributed by atoms with Gasteiger partial charge in [0.2, 0.25) is 0 Å². The van der Waals surface area contributed by atoms with Gasteiger partial charge < -0.3 is 10.1 Å². The zero-order valence-electron chi connectivity index (χ0n) is 18.1. The van der Waals surface area contributed by atoms with Gasteiger partial charge in [-0.2, -0.15) is 10.4 Å². The number of nitrogens with zero attached hydrogens (tertiary/aromatic N) is 3. The Balaban J connectivity index is 1.76. The summed E-state index contributed by atoms with van der Waals surface area (Å²) < 4.78 is 20.4. The summed E-state index contributed by atoms with van der Waals surface area (Å²) in [5.74, 6) is -1.32. The first-order valence-electron chi connectivity index (χ1n) is 10.0. The lowest BCUT2D eigenvalue weighted by Gasteiger charge is -2.13. The number of methoxy groups -OCH3 is 1. The second-order valence-electron chi connectivity index (χ2n) is 7.24. The average molecular weight is 434 g/mol. The molecule has 0 spiro atoms. The highest BCUT2D eigenvalue weighted by atomic mass is 19.1. The van der Waals surface area contributed by atoms with Crippen molar-refractivity contribution in [2.45, 2.75) is 32.7 Å². The van der Waals surface area contributed by atoms with Crippen LogP contribution in [0, 0.1) is 31.0 Å². The fourth-order valence-electron chi connectivity index (χ4n) is 3.47. The molecule has 8 heteroatoms. The van der Waals surface area contributed by atoms with E-state index in [4.69, 9.17) is 4.74 Å². The van der Waals surface area contributed by atoms with Crippen molar-refractivity contribution >= 4 is 11.9 Å². The predicted octanol–water partition coefficient (Wildman–Crippen LogP) is 3.73. The number of amides is 1. The smallest absolute Gasteiger partial charge is 0.305 e. The molecule has 1 unspecified atom stereocenters. The van der Waals surface area contributed by atoms with Crippen LogP contribution in [0.5, 0.6) is 0 Å². The first-order valence-corrected chi connectivity index (χ1v) is 10.0. The maximum absolute atomic E-state index is 14.0. The molecular weight excluding hydrogens is 411 g/mol. The van der Waals surface area contributed by atoms with Gasteiger partial charge in [-0.25, -0.2) is 9.07 Å². The third kappa shape index (κ3) is 4.83. The van der Waals surface area contributed by atoms with Gasteiger partial charge in [-0.1, -0.05) is 18.2 Å². The number of halogens is 1. The largest absolute Gasteiger partial charge is 0.469 e. The summed E-state index contributed by atoms with van der Waals surface area (Å²) in [5, 5.41) is 16.5. The van der Waals surface area contributed by atoms with Gasteiger partial charge in [0.05, 0.1) is 24.6 Å². The van der Waals surface area contributed by atoms with E-state index in [-0.39, 0.29) is 18.0 Å². The summed E-state index contributed by atoms with van der Waals surface area (Å²) in [6, 6.07) is 13.4. The summed E-state index contributed by atoms with van der Waals surface area (Å²) in [4.78, 5) is 24.1. The van der Waals surface area contributed by atoms with E-state index in [0.29, 0.717) is 12.0 Å². The molecule has 1 heterocycles. The summed E-state index contributed by atoms with van der Waals surface area (Å²) >= 11 is 0. The van der Waals surface area contributed by atoms with E-state index in [1.54, 1.807) is 35.0 Å². The van der Waals surface area contributed by atoms with Crippen molar-refractivity contribution in [1.29, 1.82) is 5.26 Å². The number of esters is 1. The Morgan fingerprint density at radius 2 is 1.88 bits per heavy atom. The number of aryl methyl sites for hydroxylation is 1. The molecule has 0 saturated carbocycles. The number of nitrogens with one attached hydrogen (secondary N) is 1. The Morgan fingerprint density at radius 1 is 1.19 bits per heavy atom. The Morgan fingerprint density at radius 3 is 2.50 bits per heavy atom. The minimum absolute atomic E-state index is 0.113. The van der Waals surface area contributed by atoms with Gasteiger partial charge in [-0.05, 0) is 56.2 Å². The minimum atomic E-state index is -1.10. The van der Waals surface area contributed by atoms with Crippen molar-refractivity contribution in [3.8, 4) is 11.8 Å². The maximum atomic E-state index is 14.0. The van der Waals surface area contributed by atoms with Crippen LogP contribution in [0.4, 0.5) is 4.39 Å². The van der Waals surface area contributed by atoms with Gasteiger partial charge >= 0.3 is 5.97 Å². The van der Waals surface area contributed by atoms with Gasteiger partial charge in [0.1, 0.15) is 11.9 Å². The first kappa shape index (κ1) is 22.7. The second-order valence-corrected chi connectivity index (χ2v) is 7.24. The molecule has 0 aliphatic carbocycles. The Hall–Kier alpha value is -3.99. The van der Waals surface area contributed by atoms with Crippen LogP contribution in [0.25, 0.3) is 5.69 Å². The highest BCUT2D eigenvalue weighted by Gasteiger charge is 2.19. The number of benzene rings is 2. The monoisotopic (exact) mass is 434 g/mol. The molecule has 0 aliphatic heterocycles. The normalized spacial score (nSPS) is 11.5. The van der Waals surface area contributed by atoms with E-state index < -0.39 is 17.8 Å². The lowest BCUT2D eigenvalue weighted by molar-refractivity contribution is -0.140. The number of ether oxygens (including phenoxy) is 1. The topological polar surface area (TPSA) is 97.0 Å². The molecular formula is C24H23FN4O3. The highest BCUT2D eigenvalue weighted by Crippen LogP contribution is 2.21. The molecule has 1 aromatic heterocycles. The summed E-state index contributed by atoms with van der Waals surface area (Å²) in [7, 11) is 1.36. The molecule has 2 aromatic carbocycles. The van der Waals surface area contributed by atoms with Crippen molar-refractivity contribution in [2.24, 2.45) is 0 Å². The number of hydrogen-bond donors (Lipinski definition) is 1. The van der Waals surface area contributed by atoms with Crippen LogP contribution in [-0.4, -0.2) is 28.8 Å². The Kier molecular flexibility index (Phi) is 7.00. The van der Waals surface area contributed by atoms with E-state index in [9.17, 15) is 19.2 Å².